The lowest BCUT2D eigenvalue weighted by Crippen LogP contribution is -2.17. The zero-order valence-corrected chi connectivity index (χ0v) is 13.7. The number of nitrogens with one attached hydrogen (secondary N) is 2. The zero-order valence-electron chi connectivity index (χ0n) is 13.7. The maximum absolute atomic E-state index is 12.3. The quantitative estimate of drug-likeness (QED) is 0.819. The standard InChI is InChI=1S/C17H22N4O2/c1-4-12(3)20-17-18-10-13(11-19-17)16(22)21-14-8-6-7-9-15(14)23-5-2/h6-12H,4-5H2,1-3H3,(H,21,22)(H,18,19,20). The van der Waals surface area contributed by atoms with E-state index in [1.807, 2.05) is 25.1 Å². The summed E-state index contributed by atoms with van der Waals surface area (Å²) < 4.78 is 5.49. The van der Waals surface area contributed by atoms with Crippen LogP contribution in [0.15, 0.2) is 36.7 Å². The highest BCUT2D eigenvalue weighted by Crippen LogP contribution is 2.24. The van der Waals surface area contributed by atoms with Gasteiger partial charge in [-0.3, -0.25) is 4.79 Å². The van der Waals surface area contributed by atoms with E-state index in [2.05, 4.69) is 34.4 Å². The molecule has 0 aliphatic rings. The van der Waals surface area contributed by atoms with Crippen molar-refractivity contribution in [1.29, 1.82) is 0 Å². The fraction of sp³-hybridized carbons (Fsp3) is 0.353. The van der Waals surface area contributed by atoms with Gasteiger partial charge in [-0.25, -0.2) is 9.97 Å². The van der Waals surface area contributed by atoms with Crippen LogP contribution in [-0.2, 0) is 0 Å². The number of amides is 1. The summed E-state index contributed by atoms with van der Waals surface area (Å²) in [6.07, 6.45) is 3.99. The number of ether oxygens (including phenoxy) is 1. The maximum atomic E-state index is 12.3. The van der Waals surface area contributed by atoms with Crippen molar-refractivity contribution in [3.05, 3.63) is 42.2 Å². The van der Waals surface area contributed by atoms with Crippen molar-refractivity contribution >= 4 is 17.5 Å². The van der Waals surface area contributed by atoms with Gasteiger partial charge < -0.3 is 15.4 Å². The molecule has 0 radical (unpaired) electrons. The number of aromatic nitrogens is 2. The van der Waals surface area contributed by atoms with Gasteiger partial charge in [-0.15, -0.1) is 0 Å². The van der Waals surface area contributed by atoms with Gasteiger partial charge in [0, 0.05) is 18.4 Å². The first kappa shape index (κ1) is 16.7. The Hall–Kier alpha value is -2.63. The molecule has 0 aliphatic carbocycles. The summed E-state index contributed by atoms with van der Waals surface area (Å²) in [5, 5.41) is 5.98. The first-order valence-electron chi connectivity index (χ1n) is 7.75. The molecule has 1 atom stereocenters. The minimum absolute atomic E-state index is 0.271. The highest BCUT2D eigenvalue weighted by molar-refractivity contribution is 6.04. The van der Waals surface area contributed by atoms with Crippen LogP contribution >= 0.6 is 0 Å². The molecule has 6 nitrogen and oxygen atoms in total. The average molecular weight is 314 g/mol. The molecule has 0 fully saturated rings. The lowest BCUT2D eigenvalue weighted by molar-refractivity contribution is 0.102. The molecule has 0 bridgehead atoms. The van der Waals surface area contributed by atoms with Crippen molar-refractivity contribution in [2.45, 2.75) is 33.2 Å². The van der Waals surface area contributed by atoms with Crippen molar-refractivity contribution in [2.24, 2.45) is 0 Å². The van der Waals surface area contributed by atoms with Gasteiger partial charge in [-0.2, -0.15) is 0 Å². The molecule has 2 rings (SSSR count). The van der Waals surface area contributed by atoms with Crippen LogP contribution in [0.4, 0.5) is 11.6 Å². The fourth-order valence-corrected chi connectivity index (χ4v) is 1.89. The molecule has 0 aliphatic heterocycles. The number of anilines is 2. The van der Waals surface area contributed by atoms with E-state index in [9.17, 15) is 4.79 Å². The maximum Gasteiger partial charge on any atom is 0.258 e. The van der Waals surface area contributed by atoms with Crippen LogP contribution in [0.25, 0.3) is 0 Å². The average Bonchev–Trinajstić information content (AvgIpc) is 2.57. The molecule has 2 aromatic rings. The molecule has 1 aromatic heterocycles. The smallest absolute Gasteiger partial charge is 0.258 e. The van der Waals surface area contributed by atoms with E-state index in [4.69, 9.17) is 4.74 Å². The Morgan fingerprint density at radius 3 is 2.57 bits per heavy atom. The van der Waals surface area contributed by atoms with Gasteiger partial charge in [0.25, 0.3) is 5.91 Å². The second kappa shape index (κ2) is 8.12. The third kappa shape index (κ3) is 4.67. The highest BCUT2D eigenvalue weighted by atomic mass is 16.5. The van der Waals surface area contributed by atoms with Crippen molar-refractivity contribution in [2.75, 3.05) is 17.2 Å². The summed E-state index contributed by atoms with van der Waals surface area (Å²) in [4.78, 5) is 20.6. The SMILES string of the molecule is CCOc1ccccc1NC(=O)c1cnc(NC(C)CC)nc1. The van der Waals surface area contributed by atoms with Gasteiger partial charge >= 0.3 is 0 Å². The third-order valence-electron chi connectivity index (χ3n) is 3.34. The number of hydrogen-bond donors (Lipinski definition) is 2. The van der Waals surface area contributed by atoms with Crippen LogP contribution in [0, 0.1) is 0 Å². The van der Waals surface area contributed by atoms with Crippen LogP contribution in [0.3, 0.4) is 0 Å². The molecule has 0 spiro atoms. The summed E-state index contributed by atoms with van der Waals surface area (Å²) in [6.45, 7) is 6.56. The van der Waals surface area contributed by atoms with E-state index in [1.54, 1.807) is 6.07 Å². The Morgan fingerprint density at radius 2 is 1.91 bits per heavy atom. The molecule has 2 N–H and O–H groups in total. The first-order chi connectivity index (χ1) is 11.1. The summed E-state index contributed by atoms with van der Waals surface area (Å²) in [6, 6.07) is 7.59. The normalized spacial score (nSPS) is 11.6. The van der Waals surface area contributed by atoms with Crippen molar-refractivity contribution in [3.8, 4) is 5.75 Å². The highest BCUT2D eigenvalue weighted by Gasteiger charge is 2.11. The number of hydrogen-bond acceptors (Lipinski definition) is 5. The Bertz CT molecular complexity index is 643. The number of nitrogens with zero attached hydrogens (tertiary/aromatic N) is 2. The number of carbonyl (C=O) groups excluding carboxylic acids is 1. The lowest BCUT2D eigenvalue weighted by Gasteiger charge is -2.12. The van der Waals surface area contributed by atoms with Crippen LogP contribution < -0.4 is 15.4 Å². The van der Waals surface area contributed by atoms with Gasteiger partial charge in [-0.1, -0.05) is 19.1 Å². The Morgan fingerprint density at radius 1 is 1.22 bits per heavy atom. The van der Waals surface area contributed by atoms with Gasteiger partial charge in [-0.05, 0) is 32.4 Å². The summed E-state index contributed by atoms with van der Waals surface area (Å²) in [5.41, 5.74) is 1.02. The van der Waals surface area contributed by atoms with Crippen LogP contribution in [0.1, 0.15) is 37.6 Å². The van der Waals surface area contributed by atoms with Gasteiger partial charge in [0.05, 0.1) is 17.9 Å². The van der Waals surface area contributed by atoms with Gasteiger partial charge in [0.15, 0.2) is 0 Å². The van der Waals surface area contributed by atoms with E-state index in [0.29, 0.717) is 29.6 Å². The van der Waals surface area contributed by atoms with E-state index in [1.165, 1.54) is 12.4 Å². The molecule has 6 heteroatoms. The van der Waals surface area contributed by atoms with Crippen LogP contribution in [0.2, 0.25) is 0 Å². The molecule has 23 heavy (non-hydrogen) atoms. The molecule has 1 unspecified atom stereocenters. The minimum atomic E-state index is -0.271. The molecule has 0 saturated carbocycles. The summed E-state index contributed by atoms with van der Waals surface area (Å²) >= 11 is 0. The molecule has 122 valence electrons. The largest absolute Gasteiger partial charge is 0.492 e. The van der Waals surface area contributed by atoms with Crippen molar-refractivity contribution in [1.82, 2.24) is 9.97 Å². The van der Waals surface area contributed by atoms with Gasteiger partial charge in [0.1, 0.15) is 5.75 Å². The predicted molar refractivity (Wildman–Crippen MR) is 91.0 cm³/mol. The molecule has 1 amide bonds. The number of rotatable bonds is 7. The molecule has 0 saturated heterocycles. The molecular formula is C17H22N4O2. The fourth-order valence-electron chi connectivity index (χ4n) is 1.89. The third-order valence-corrected chi connectivity index (χ3v) is 3.34. The summed E-state index contributed by atoms with van der Waals surface area (Å²) in [7, 11) is 0. The van der Waals surface area contributed by atoms with Gasteiger partial charge in [0.2, 0.25) is 5.95 Å². The number of carbonyl (C=O) groups is 1. The second-order valence-corrected chi connectivity index (χ2v) is 5.13. The second-order valence-electron chi connectivity index (χ2n) is 5.13. The first-order valence-corrected chi connectivity index (χ1v) is 7.75. The van der Waals surface area contributed by atoms with Crippen molar-refractivity contribution in [3.63, 3.8) is 0 Å². The molecule has 1 heterocycles. The Kier molecular flexibility index (Phi) is 5.91. The number of benzene rings is 1. The van der Waals surface area contributed by atoms with Crippen LogP contribution in [-0.4, -0.2) is 28.5 Å². The minimum Gasteiger partial charge on any atom is -0.492 e. The monoisotopic (exact) mass is 314 g/mol. The van der Waals surface area contributed by atoms with E-state index >= 15 is 0 Å². The van der Waals surface area contributed by atoms with Crippen LogP contribution in [0.5, 0.6) is 5.75 Å². The van der Waals surface area contributed by atoms with Crippen molar-refractivity contribution < 1.29 is 9.53 Å². The van der Waals surface area contributed by atoms with E-state index in [-0.39, 0.29) is 11.9 Å². The Labute approximate surface area is 136 Å². The number of para-hydroxylation sites is 2. The Balaban J connectivity index is 2.06. The van der Waals surface area contributed by atoms with E-state index in [0.717, 1.165) is 6.42 Å². The summed E-state index contributed by atoms with van der Waals surface area (Å²) in [5.74, 6) is 0.886. The molecule has 1 aromatic carbocycles. The lowest BCUT2D eigenvalue weighted by atomic mass is 10.2. The topological polar surface area (TPSA) is 76.1 Å². The molecular weight excluding hydrogens is 292 g/mol. The predicted octanol–water partition coefficient (Wildman–Crippen LogP) is 3.34. The zero-order chi connectivity index (χ0) is 16.7. The van der Waals surface area contributed by atoms with E-state index < -0.39 is 0 Å².